The molecule has 2 atom stereocenters. The molecule has 0 spiro atoms. The number of likely N-dealkylation sites (tertiary alicyclic amines) is 1. The van der Waals surface area contributed by atoms with Gasteiger partial charge in [-0.3, -0.25) is 4.90 Å². The van der Waals surface area contributed by atoms with Gasteiger partial charge in [0, 0.05) is 26.1 Å². The lowest BCUT2D eigenvalue weighted by molar-refractivity contribution is 0.118. The Labute approximate surface area is 147 Å². The highest BCUT2D eigenvalue weighted by Crippen LogP contribution is 2.32. The van der Waals surface area contributed by atoms with Gasteiger partial charge < -0.3 is 4.42 Å². The molecule has 2 aromatic heterocycles. The maximum absolute atomic E-state index is 5.83. The highest BCUT2D eigenvalue weighted by Gasteiger charge is 2.32. The summed E-state index contributed by atoms with van der Waals surface area (Å²) >= 11 is 0. The van der Waals surface area contributed by atoms with Gasteiger partial charge in [-0.05, 0) is 44.0 Å². The summed E-state index contributed by atoms with van der Waals surface area (Å²) in [6.07, 6.45) is 3.04. The quantitative estimate of drug-likeness (QED) is 0.727. The Kier molecular flexibility index (Phi) is 4.25. The molecule has 1 saturated heterocycles. The molecule has 132 valence electrons. The molecule has 25 heavy (non-hydrogen) atoms. The Hall–Kier alpha value is -2.28. The Morgan fingerprint density at radius 1 is 1.24 bits per heavy atom. The summed E-state index contributed by atoms with van der Waals surface area (Å²) in [5.41, 5.74) is 3.28. The zero-order chi connectivity index (χ0) is 17.4. The van der Waals surface area contributed by atoms with Gasteiger partial charge in [-0.2, -0.15) is 0 Å². The third-order valence-electron chi connectivity index (χ3n) is 5.28. The van der Waals surface area contributed by atoms with Crippen LogP contribution >= 0.6 is 0 Å². The van der Waals surface area contributed by atoms with Crippen molar-refractivity contribution in [3.8, 4) is 0 Å². The number of hydrogen-bond acceptors (Lipinski definition) is 6. The standard InChI is InChI=1S/C18H24N6O/c1-4-17-20-21-18(25-17)14-6-5-9-24(12(14)2)11-13-7-8-16-15(10-13)19-22-23(16)3/h7-8,10,12,14H,4-6,9,11H2,1-3H3/t12-,14-/m0/s1. The van der Waals surface area contributed by atoms with E-state index in [-0.39, 0.29) is 0 Å². The van der Waals surface area contributed by atoms with Crippen LogP contribution in [0, 0.1) is 0 Å². The number of rotatable bonds is 4. The maximum atomic E-state index is 5.83. The summed E-state index contributed by atoms with van der Waals surface area (Å²) in [5, 5.41) is 16.7. The summed E-state index contributed by atoms with van der Waals surface area (Å²) in [6, 6.07) is 6.78. The van der Waals surface area contributed by atoms with E-state index >= 15 is 0 Å². The molecule has 1 fully saturated rings. The fourth-order valence-corrected chi connectivity index (χ4v) is 3.74. The van der Waals surface area contributed by atoms with Crippen LogP contribution in [-0.2, 0) is 20.0 Å². The summed E-state index contributed by atoms with van der Waals surface area (Å²) in [6.45, 7) is 6.29. The minimum Gasteiger partial charge on any atom is -0.425 e. The lowest BCUT2D eigenvalue weighted by Crippen LogP contribution is -2.41. The average molecular weight is 340 g/mol. The van der Waals surface area contributed by atoms with E-state index in [0.717, 1.165) is 55.2 Å². The third-order valence-corrected chi connectivity index (χ3v) is 5.28. The summed E-state index contributed by atoms with van der Waals surface area (Å²) in [4.78, 5) is 2.50. The smallest absolute Gasteiger partial charge is 0.221 e. The molecule has 0 radical (unpaired) electrons. The van der Waals surface area contributed by atoms with Crippen molar-refractivity contribution < 1.29 is 4.42 Å². The van der Waals surface area contributed by atoms with Gasteiger partial charge in [-0.1, -0.05) is 18.2 Å². The molecule has 3 heterocycles. The van der Waals surface area contributed by atoms with Gasteiger partial charge in [0.2, 0.25) is 11.8 Å². The van der Waals surface area contributed by atoms with Gasteiger partial charge in [0.15, 0.2) is 0 Å². The van der Waals surface area contributed by atoms with E-state index < -0.39 is 0 Å². The Morgan fingerprint density at radius 2 is 2.12 bits per heavy atom. The number of piperidine rings is 1. The molecule has 7 heteroatoms. The van der Waals surface area contributed by atoms with Gasteiger partial charge in [-0.25, -0.2) is 4.68 Å². The number of fused-ring (bicyclic) bond motifs is 1. The number of hydrogen-bond donors (Lipinski definition) is 0. The summed E-state index contributed by atoms with van der Waals surface area (Å²) < 4.78 is 7.64. The molecule has 0 unspecified atom stereocenters. The second-order valence-corrected chi connectivity index (χ2v) is 6.88. The van der Waals surface area contributed by atoms with E-state index in [2.05, 4.69) is 50.5 Å². The van der Waals surface area contributed by atoms with Gasteiger partial charge in [0.25, 0.3) is 0 Å². The minimum atomic E-state index is 0.307. The molecule has 7 nitrogen and oxygen atoms in total. The van der Waals surface area contributed by atoms with Crippen molar-refractivity contribution in [2.45, 2.75) is 51.6 Å². The highest BCUT2D eigenvalue weighted by atomic mass is 16.4. The van der Waals surface area contributed by atoms with Crippen molar-refractivity contribution in [1.82, 2.24) is 30.1 Å². The Morgan fingerprint density at radius 3 is 2.92 bits per heavy atom. The number of aromatic nitrogens is 5. The molecule has 0 N–H and O–H groups in total. The highest BCUT2D eigenvalue weighted by molar-refractivity contribution is 5.74. The van der Waals surface area contributed by atoms with Crippen molar-refractivity contribution in [3.05, 3.63) is 35.5 Å². The van der Waals surface area contributed by atoms with Crippen LogP contribution in [0.2, 0.25) is 0 Å². The normalized spacial score (nSPS) is 21.9. The zero-order valence-electron chi connectivity index (χ0n) is 15.0. The largest absolute Gasteiger partial charge is 0.425 e. The fourth-order valence-electron chi connectivity index (χ4n) is 3.74. The first-order valence-electron chi connectivity index (χ1n) is 9.00. The van der Waals surface area contributed by atoms with Crippen LogP contribution in [0.4, 0.5) is 0 Å². The van der Waals surface area contributed by atoms with Crippen LogP contribution in [0.15, 0.2) is 22.6 Å². The predicted octanol–water partition coefficient (Wildman–Crippen LogP) is 2.68. The van der Waals surface area contributed by atoms with E-state index in [1.807, 2.05) is 14.0 Å². The molecular weight excluding hydrogens is 316 g/mol. The van der Waals surface area contributed by atoms with Crippen LogP contribution in [0.1, 0.15) is 50.0 Å². The minimum absolute atomic E-state index is 0.307. The molecule has 1 aliphatic heterocycles. The molecule has 3 aromatic rings. The molecule has 4 rings (SSSR count). The topological polar surface area (TPSA) is 72.9 Å². The van der Waals surface area contributed by atoms with Gasteiger partial charge >= 0.3 is 0 Å². The second kappa shape index (κ2) is 6.55. The molecule has 0 bridgehead atoms. The van der Waals surface area contributed by atoms with Crippen LogP contribution < -0.4 is 0 Å². The van der Waals surface area contributed by atoms with Crippen molar-refractivity contribution >= 4 is 11.0 Å². The molecule has 0 saturated carbocycles. The first kappa shape index (κ1) is 16.2. The van der Waals surface area contributed by atoms with Crippen molar-refractivity contribution in [2.75, 3.05) is 6.54 Å². The van der Waals surface area contributed by atoms with Gasteiger partial charge in [-0.15, -0.1) is 15.3 Å². The predicted molar refractivity (Wildman–Crippen MR) is 94.0 cm³/mol. The van der Waals surface area contributed by atoms with Crippen LogP contribution in [-0.4, -0.2) is 42.7 Å². The summed E-state index contributed by atoms with van der Waals surface area (Å²) in [5.74, 6) is 1.83. The van der Waals surface area contributed by atoms with Crippen LogP contribution in [0.3, 0.4) is 0 Å². The maximum Gasteiger partial charge on any atom is 0.221 e. The molecule has 1 aromatic carbocycles. The van der Waals surface area contributed by atoms with Crippen molar-refractivity contribution in [1.29, 1.82) is 0 Å². The molecule has 1 aliphatic rings. The average Bonchev–Trinajstić information content (AvgIpc) is 3.24. The van der Waals surface area contributed by atoms with E-state index in [0.29, 0.717) is 12.0 Å². The molecule has 0 aliphatic carbocycles. The lowest BCUT2D eigenvalue weighted by Gasteiger charge is -2.37. The fraction of sp³-hybridized carbons (Fsp3) is 0.556. The third kappa shape index (κ3) is 3.04. The summed E-state index contributed by atoms with van der Waals surface area (Å²) in [7, 11) is 1.92. The van der Waals surface area contributed by atoms with Crippen LogP contribution in [0.5, 0.6) is 0 Å². The van der Waals surface area contributed by atoms with Crippen LogP contribution in [0.25, 0.3) is 11.0 Å². The lowest BCUT2D eigenvalue weighted by atomic mass is 9.89. The van der Waals surface area contributed by atoms with Crippen molar-refractivity contribution in [3.63, 3.8) is 0 Å². The Bertz CT molecular complexity index is 869. The second-order valence-electron chi connectivity index (χ2n) is 6.88. The Balaban J connectivity index is 1.52. The number of benzene rings is 1. The zero-order valence-corrected chi connectivity index (χ0v) is 15.0. The van der Waals surface area contributed by atoms with E-state index in [9.17, 15) is 0 Å². The monoisotopic (exact) mass is 340 g/mol. The van der Waals surface area contributed by atoms with Gasteiger partial charge in [0.05, 0.1) is 11.4 Å². The molecular formula is C18H24N6O. The first-order chi connectivity index (χ1) is 12.2. The number of aryl methyl sites for hydroxylation is 2. The van der Waals surface area contributed by atoms with E-state index in [1.165, 1.54) is 5.56 Å². The van der Waals surface area contributed by atoms with Gasteiger partial charge in [0.1, 0.15) is 5.52 Å². The molecule has 0 amide bonds. The van der Waals surface area contributed by atoms with E-state index in [4.69, 9.17) is 4.42 Å². The first-order valence-corrected chi connectivity index (χ1v) is 9.00. The van der Waals surface area contributed by atoms with E-state index in [1.54, 1.807) is 4.68 Å². The van der Waals surface area contributed by atoms with Crippen molar-refractivity contribution in [2.24, 2.45) is 7.05 Å². The SMILES string of the molecule is CCc1nnc([C@H]2CCCN(Cc3ccc4c(c3)nnn4C)[C@H]2C)o1. The number of nitrogens with zero attached hydrogens (tertiary/aromatic N) is 6.